The van der Waals surface area contributed by atoms with Crippen molar-refractivity contribution in [2.45, 2.75) is 6.92 Å². The van der Waals surface area contributed by atoms with E-state index in [9.17, 15) is 14.4 Å². The minimum absolute atomic E-state index is 0.139. The van der Waals surface area contributed by atoms with Crippen molar-refractivity contribution in [3.63, 3.8) is 0 Å². The summed E-state index contributed by atoms with van der Waals surface area (Å²) >= 11 is 8.37. The molecule has 4 amide bonds. The van der Waals surface area contributed by atoms with E-state index in [0.29, 0.717) is 22.0 Å². The minimum Gasteiger partial charge on any atom is -0.317 e. The third-order valence-corrected chi connectivity index (χ3v) is 5.89. The molecule has 1 aromatic heterocycles. The van der Waals surface area contributed by atoms with Crippen molar-refractivity contribution in [1.29, 1.82) is 0 Å². The van der Waals surface area contributed by atoms with Crippen LogP contribution in [0.15, 0.2) is 66.4 Å². The summed E-state index contributed by atoms with van der Waals surface area (Å²) in [5.41, 5.74) is 2.27. The Labute approximate surface area is 191 Å². The third-order valence-electron chi connectivity index (χ3n) is 4.76. The normalized spacial score (nSPS) is 15.6. The fraction of sp³-hybridized carbons (Fsp3) is 0.0455. The highest BCUT2D eigenvalue weighted by atomic mass is 127. The molecule has 3 aromatic rings. The zero-order chi connectivity index (χ0) is 21.4. The van der Waals surface area contributed by atoms with Crippen LogP contribution >= 0.6 is 34.2 Å². The highest BCUT2D eigenvalue weighted by Crippen LogP contribution is 2.29. The van der Waals surface area contributed by atoms with E-state index in [1.54, 1.807) is 31.2 Å². The summed E-state index contributed by atoms with van der Waals surface area (Å²) < 4.78 is 2.95. The lowest BCUT2D eigenvalue weighted by molar-refractivity contribution is -0.122. The van der Waals surface area contributed by atoms with Crippen molar-refractivity contribution in [3.8, 4) is 5.69 Å². The summed E-state index contributed by atoms with van der Waals surface area (Å²) in [7, 11) is 0. The molecule has 2 heterocycles. The maximum atomic E-state index is 13.2. The van der Waals surface area contributed by atoms with Crippen LogP contribution in [0.3, 0.4) is 0 Å². The van der Waals surface area contributed by atoms with E-state index in [2.05, 4.69) is 27.9 Å². The Hall–Kier alpha value is -2.91. The van der Waals surface area contributed by atoms with Crippen LogP contribution in [-0.2, 0) is 9.59 Å². The fourth-order valence-corrected chi connectivity index (χ4v) is 3.74. The molecule has 0 radical (unpaired) electrons. The molecule has 4 rings (SSSR count). The molecule has 1 N–H and O–H groups in total. The second-order valence-corrected chi connectivity index (χ2v) is 8.27. The molecule has 1 fully saturated rings. The first kappa shape index (κ1) is 20.4. The maximum absolute atomic E-state index is 13.2. The number of benzene rings is 2. The number of nitrogens with zero attached hydrogens (tertiary/aromatic N) is 2. The Morgan fingerprint density at radius 1 is 1.00 bits per heavy atom. The van der Waals surface area contributed by atoms with Gasteiger partial charge in [0.2, 0.25) is 0 Å². The molecular formula is C22H15ClIN3O3. The Morgan fingerprint density at radius 3 is 2.47 bits per heavy atom. The van der Waals surface area contributed by atoms with Crippen molar-refractivity contribution in [2.75, 3.05) is 4.90 Å². The predicted molar refractivity (Wildman–Crippen MR) is 124 cm³/mol. The topological polar surface area (TPSA) is 71.4 Å². The van der Waals surface area contributed by atoms with Gasteiger partial charge in [-0.1, -0.05) is 17.7 Å². The van der Waals surface area contributed by atoms with Crippen LogP contribution in [0.2, 0.25) is 5.02 Å². The number of carbonyl (C=O) groups excluding carboxylic acids is 3. The van der Waals surface area contributed by atoms with Crippen molar-refractivity contribution in [3.05, 3.63) is 86.2 Å². The van der Waals surface area contributed by atoms with Crippen molar-refractivity contribution < 1.29 is 14.4 Å². The highest BCUT2D eigenvalue weighted by molar-refractivity contribution is 14.1. The molecule has 0 atom stereocenters. The summed E-state index contributed by atoms with van der Waals surface area (Å²) in [5, 5.41) is 2.66. The Kier molecular flexibility index (Phi) is 5.48. The highest BCUT2D eigenvalue weighted by Gasteiger charge is 2.37. The molecule has 2 aromatic carbocycles. The van der Waals surface area contributed by atoms with Gasteiger partial charge in [-0.2, -0.15) is 0 Å². The molecule has 30 heavy (non-hydrogen) atoms. The van der Waals surface area contributed by atoms with Gasteiger partial charge in [0.1, 0.15) is 5.57 Å². The van der Waals surface area contributed by atoms with E-state index >= 15 is 0 Å². The molecule has 0 saturated carbocycles. The first-order valence-electron chi connectivity index (χ1n) is 8.96. The van der Waals surface area contributed by atoms with Gasteiger partial charge < -0.3 is 4.57 Å². The second-order valence-electron chi connectivity index (χ2n) is 6.62. The zero-order valence-corrected chi connectivity index (χ0v) is 18.6. The van der Waals surface area contributed by atoms with Crippen molar-refractivity contribution in [1.82, 2.24) is 9.88 Å². The first-order chi connectivity index (χ1) is 14.4. The molecule has 0 aliphatic carbocycles. The molecule has 0 spiro atoms. The summed E-state index contributed by atoms with van der Waals surface area (Å²) in [5.74, 6) is -1.44. The number of carbonyl (C=O) groups is 3. The Balaban J connectivity index is 1.77. The number of nitrogens with one attached hydrogen (secondary N) is 1. The molecule has 0 bridgehead atoms. The van der Waals surface area contributed by atoms with Crippen LogP contribution in [-0.4, -0.2) is 22.4 Å². The summed E-state index contributed by atoms with van der Waals surface area (Å²) in [4.78, 5) is 39.0. The molecule has 1 saturated heterocycles. The molecule has 1 aliphatic rings. The van der Waals surface area contributed by atoms with Crippen molar-refractivity contribution >= 4 is 63.8 Å². The lowest BCUT2D eigenvalue weighted by atomic mass is 10.1. The van der Waals surface area contributed by atoms with Gasteiger partial charge in [0.15, 0.2) is 0 Å². The maximum Gasteiger partial charge on any atom is 0.335 e. The summed E-state index contributed by atoms with van der Waals surface area (Å²) in [6, 6.07) is 15.5. The minimum atomic E-state index is -0.805. The van der Waals surface area contributed by atoms with Gasteiger partial charge in [0, 0.05) is 26.2 Å². The standard InChI is InChI=1S/C22H15ClIN3O3/c1-13-18(23)5-2-6-19(13)27-21(29)17(20(28)25-22(27)30)12-16-4-3-11-26(16)15-9-7-14(24)8-10-15/h2-12H,1H3,(H,25,28,30)/b17-12+. The van der Waals surface area contributed by atoms with Gasteiger partial charge in [-0.05, 0) is 89.7 Å². The van der Waals surface area contributed by atoms with E-state index in [-0.39, 0.29) is 5.57 Å². The quantitative estimate of drug-likeness (QED) is 0.302. The lowest BCUT2D eigenvalue weighted by Crippen LogP contribution is -2.54. The molecule has 0 unspecified atom stereocenters. The van der Waals surface area contributed by atoms with Crippen LogP contribution in [0, 0.1) is 10.5 Å². The van der Waals surface area contributed by atoms with E-state index in [0.717, 1.165) is 14.2 Å². The zero-order valence-electron chi connectivity index (χ0n) is 15.7. The lowest BCUT2D eigenvalue weighted by Gasteiger charge is -2.27. The average Bonchev–Trinajstić information content (AvgIpc) is 3.17. The number of hydrogen-bond donors (Lipinski definition) is 1. The molecule has 1 aliphatic heterocycles. The number of hydrogen-bond acceptors (Lipinski definition) is 3. The number of rotatable bonds is 3. The average molecular weight is 532 g/mol. The number of aromatic nitrogens is 1. The van der Waals surface area contributed by atoms with Gasteiger partial charge in [0.25, 0.3) is 11.8 Å². The van der Waals surface area contributed by atoms with Gasteiger partial charge >= 0.3 is 6.03 Å². The third kappa shape index (κ3) is 3.66. The van der Waals surface area contributed by atoms with Gasteiger partial charge in [-0.25, -0.2) is 9.69 Å². The van der Waals surface area contributed by atoms with Crippen LogP contribution in [0.1, 0.15) is 11.3 Å². The number of barbiturate groups is 1. The Bertz CT molecular complexity index is 1210. The smallest absolute Gasteiger partial charge is 0.317 e. The van der Waals surface area contributed by atoms with Gasteiger partial charge in [-0.15, -0.1) is 0 Å². The summed E-state index contributed by atoms with van der Waals surface area (Å²) in [6.07, 6.45) is 3.32. The van der Waals surface area contributed by atoms with E-state index in [4.69, 9.17) is 11.6 Å². The second kappa shape index (κ2) is 8.08. The van der Waals surface area contributed by atoms with E-state index in [1.165, 1.54) is 6.08 Å². The van der Waals surface area contributed by atoms with Crippen LogP contribution in [0.4, 0.5) is 10.5 Å². The molecule has 150 valence electrons. The van der Waals surface area contributed by atoms with Gasteiger partial charge in [-0.3, -0.25) is 14.9 Å². The van der Waals surface area contributed by atoms with Crippen LogP contribution < -0.4 is 10.2 Å². The van der Waals surface area contributed by atoms with Crippen molar-refractivity contribution in [2.24, 2.45) is 0 Å². The number of halogens is 2. The van der Waals surface area contributed by atoms with Crippen LogP contribution in [0.5, 0.6) is 0 Å². The predicted octanol–water partition coefficient (Wildman–Crippen LogP) is 4.71. The van der Waals surface area contributed by atoms with E-state index in [1.807, 2.05) is 41.1 Å². The molecular weight excluding hydrogens is 517 g/mol. The molecule has 6 nitrogen and oxygen atoms in total. The number of anilines is 1. The Morgan fingerprint density at radius 2 is 1.73 bits per heavy atom. The first-order valence-corrected chi connectivity index (χ1v) is 10.4. The number of amides is 4. The largest absolute Gasteiger partial charge is 0.335 e. The SMILES string of the molecule is Cc1c(Cl)cccc1N1C(=O)NC(=O)/C(=C\c2cccn2-c2ccc(I)cc2)C1=O. The fourth-order valence-electron chi connectivity index (χ4n) is 3.21. The number of imide groups is 2. The summed E-state index contributed by atoms with van der Waals surface area (Å²) in [6.45, 7) is 1.71. The number of urea groups is 1. The van der Waals surface area contributed by atoms with Gasteiger partial charge in [0.05, 0.1) is 5.69 Å². The van der Waals surface area contributed by atoms with Crippen LogP contribution in [0.25, 0.3) is 11.8 Å². The monoisotopic (exact) mass is 531 g/mol. The molecule has 8 heteroatoms. The van der Waals surface area contributed by atoms with E-state index < -0.39 is 17.8 Å².